The first-order valence-electron chi connectivity index (χ1n) is 8.91. The molecule has 0 aliphatic rings. The van der Waals surface area contributed by atoms with Crippen LogP contribution in [0.15, 0.2) is 0 Å². The predicted octanol–water partition coefficient (Wildman–Crippen LogP) is -5.13. The molecule has 0 aromatic rings. The van der Waals surface area contributed by atoms with Gasteiger partial charge in [0.05, 0.1) is 30.8 Å². The third-order valence-corrected chi connectivity index (χ3v) is 3.93. The second-order valence-electron chi connectivity index (χ2n) is 6.80. The number of rotatable bonds is 12. The lowest BCUT2D eigenvalue weighted by Gasteiger charge is -2.27. The minimum atomic E-state index is -1.71. The van der Waals surface area contributed by atoms with Crippen molar-refractivity contribution in [2.45, 2.75) is 69.7 Å². The first-order valence-corrected chi connectivity index (χ1v) is 8.91. The third kappa shape index (κ3) is 8.69. The van der Waals surface area contributed by atoms with Gasteiger partial charge in [-0.05, 0) is 20.8 Å². The van der Waals surface area contributed by atoms with E-state index in [0.717, 1.165) is 20.8 Å². The molecule has 0 heterocycles. The SMILES string of the molecule is CC(O)C(NC(=O)C(NC(=O)C(NC(=O)C(N)CC(N)=O)C(C)O)C(C)O)C(=O)O. The zero-order valence-electron chi connectivity index (χ0n) is 16.7. The van der Waals surface area contributed by atoms with E-state index in [0.29, 0.717) is 0 Å². The molecule has 30 heavy (non-hydrogen) atoms. The van der Waals surface area contributed by atoms with Crippen LogP contribution in [0, 0.1) is 0 Å². The van der Waals surface area contributed by atoms with Crippen LogP contribution >= 0.6 is 0 Å². The maximum Gasteiger partial charge on any atom is 0.328 e. The molecule has 11 N–H and O–H groups in total. The van der Waals surface area contributed by atoms with Crippen molar-refractivity contribution in [3.05, 3.63) is 0 Å². The van der Waals surface area contributed by atoms with Crippen molar-refractivity contribution in [2.24, 2.45) is 11.5 Å². The Balaban J connectivity index is 5.36. The van der Waals surface area contributed by atoms with Crippen LogP contribution in [0.4, 0.5) is 0 Å². The lowest BCUT2D eigenvalue weighted by molar-refractivity contribution is -0.146. The molecule has 0 fully saturated rings. The number of carboxylic acids is 1. The minimum Gasteiger partial charge on any atom is -0.480 e. The number of carbonyl (C=O) groups excluding carboxylic acids is 4. The number of carbonyl (C=O) groups is 5. The minimum absolute atomic E-state index is 0.519. The number of amides is 4. The summed E-state index contributed by atoms with van der Waals surface area (Å²) in [5.41, 5.74) is 10.4. The molecule has 14 nitrogen and oxygen atoms in total. The maximum atomic E-state index is 12.5. The Morgan fingerprint density at radius 1 is 0.733 bits per heavy atom. The molecular formula is C16H29N5O9. The summed E-state index contributed by atoms with van der Waals surface area (Å²) in [4.78, 5) is 58.7. The van der Waals surface area contributed by atoms with E-state index in [9.17, 15) is 39.3 Å². The van der Waals surface area contributed by atoms with Crippen LogP contribution in [0.2, 0.25) is 0 Å². The number of aliphatic hydroxyl groups is 3. The Labute approximate surface area is 172 Å². The van der Waals surface area contributed by atoms with Crippen LogP contribution in [0.5, 0.6) is 0 Å². The van der Waals surface area contributed by atoms with E-state index in [1.165, 1.54) is 0 Å². The molecule has 0 spiro atoms. The van der Waals surface area contributed by atoms with E-state index in [-0.39, 0.29) is 0 Å². The van der Waals surface area contributed by atoms with Crippen LogP contribution in [0.25, 0.3) is 0 Å². The van der Waals surface area contributed by atoms with Crippen LogP contribution in [0.1, 0.15) is 27.2 Å². The van der Waals surface area contributed by atoms with E-state index < -0.39 is 78.5 Å². The zero-order chi connectivity index (χ0) is 23.8. The fraction of sp³-hybridized carbons (Fsp3) is 0.688. The number of carboxylic acid groups (broad SMARTS) is 1. The van der Waals surface area contributed by atoms with Gasteiger partial charge in [-0.2, -0.15) is 0 Å². The molecule has 7 unspecified atom stereocenters. The van der Waals surface area contributed by atoms with Gasteiger partial charge in [0.25, 0.3) is 0 Å². The number of hydrogen-bond donors (Lipinski definition) is 9. The van der Waals surface area contributed by atoms with Crippen molar-refractivity contribution in [3.8, 4) is 0 Å². The topological polar surface area (TPSA) is 254 Å². The number of nitrogens with two attached hydrogens (primary N) is 2. The maximum absolute atomic E-state index is 12.5. The Kier molecular flexibility index (Phi) is 10.9. The fourth-order valence-corrected chi connectivity index (χ4v) is 2.25. The van der Waals surface area contributed by atoms with Gasteiger partial charge in [-0.3, -0.25) is 19.2 Å². The van der Waals surface area contributed by atoms with Gasteiger partial charge in [-0.15, -0.1) is 0 Å². The van der Waals surface area contributed by atoms with Crippen molar-refractivity contribution < 1.29 is 44.4 Å². The van der Waals surface area contributed by atoms with Crippen LogP contribution < -0.4 is 27.4 Å². The van der Waals surface area contributed by atoms with Crippen molar-refractivity contribution in [1.29, 1.82) is 0 Å². The van der Waals surface area contributed by atoms with E-state index in [2.05, 4.69) is 10.6 Å². The molecule has 7 atom stereocenters. The zero-order valence-corrected chi connectivity index (χ0v) is 16.7. The highest BCUT2D eigenvalue weighted by Crippen LogP contribution is 2.02. The van der Waals surface area contributed by atoms with E-state index in [4.69, 9.17) is 16.6 Å². The normalized spacial score (nSPS) is 18.0. The molecule has 0 saturated carbocycles. The second-order valence-corrected chi connectivity index (χ2v) is 6.80. The van der Waals surface area contributed by atoms with Crippen molar-refractivity contribution >= 4 is 29.6 Å². The molecule has 4 amide bonds. The molecule has 0 aliphatic heterocycles. The molecule has 0 aromatic heterocycles. The number of aliphatic carboxylic acids is 1. The molecule has 0 aromatic carbocycles. The van der Waals surface area contributed by atoms with Crippen LogP contribution in [0.3, 0.4) is 0 Å². The molecule has 0 radical (unpaired) electrons. The second kappa shape index (κ2) is 12.0. The summed E-state index contributed by atoms with van der Waals surface area (Å²) < 4.78 is 0. The standard InChI is InChI=1S/C16H29N5O9/c1-5(22)10(19-13(26)8(17)4-9(18)25)14(27)20-11(6(2)23)15(28)21-12(7(3)24)16(29)30/h5-8,10-12,22-24H,4,17H2,1-3H3,(H2,18,25)(H,19,26)(H,20,27)(H,21,28)(H,29,30). The monoisotopic (exact) mass is 435 g/mol. The Hall–Kier alpha value is -2.81. The van der Waals surface area contributed by atoms with Crippen molar-refractivity contribution in [1.82, 2.24) is 16.0 Å². The lowest BCUT2D eigenvalue weighted by Crippen LogP contribution is -2.62. The highest BCUT2D eigenvalue weighted by molar-refractivity contribution is 5.95. The molecule has 0 bridgehead atoms. The van der Waals surface area contributed by atoms with Gasteiger partial charge < -0.3 is 47.8 Å². The van der Waals surface area contributed by atoms with Gasteiger partial charge in [0.2, 0.25) is 23.6 Å². The average molecular weight is 435 g/mol. The number of aliphatic hydroxyl groups excluding tert-OH is 3. The first-order chi connectivity index (χ1) is 13.7. The van der Waals surface area contributed by atoms with E-state index in [1.54, 1.807) is 0 Å². The number of primary amides is 1. The Morgan fingerprint density at radius 2 is 1.07 bits per heavy atom. The van der Waals surface area contributed by atoms with Crippen molar-refractivity contribution in [3.63, 3.8) is 0 Å². The summed E-state index contributed by atoms with van der Waals surface area (Å²) in [6, 6.07) is -6.42. The average Bonchev–Trinajstić information content (AvgIpc) is 2.59. The van der Waals surface area contributed by atoms with Gasteiger partial charge in [-0.25, -0.2) is 4.79 Å². The van der Waals surface area contributed by atoms with Crippen molar-refractivity contribution in [2.75, 3.05) is 0 Å². The summed E-state index contributed by atoms with van der Waals surface area (Å²) >= 11 is 0. The fourth-order valence-electron chi connectivity index (χ4n) is 2.25. The summed E-state index contributed by atoms with van der Waals surface area (Å²) in [5, 5.41) is 44.2. The smallest absolute Gasteiger partial charge is 0.328 e. The quantitative estimate of drug-likeness (QED) is 0.141. The largest absolute Gasteiger partial charge is 0.480 e. The summed E-state index contributed by atoms with van der Waals surface area (Å²) in [5.74, 6) is -5.63. The van der Waals surface area contributed by atoms with E-state index in [1.807, 2.05) is 5.32 Å². The van der Waals surface area contributed by atoms with Gasteiger partial charge in [-0.1, -0.05) is 0 Å². The predicted molar refractivity (Wildman–Crippen MR) is 100 cm³/mol. The first kappa shape index (κ1) is 27.2. The van der Waals surface area contributed by atoms with Gasteiger partial charge in [0.15, 0.2) is 6.04 Å². The molecule has 0 saturated heterocycles. The molecule has 0 aliphatic carbocycles. The Morgan fingerprint density at radius 3 is 1.37 bits per heavy atom. The van der Waals surface area contributed by atoms with Gasteiger partial charge >= 0.3 is 5.97 Å². The summed E-state index contributed by atoms with van der Waals surface area (Å²) in [7, 11) is 0. The lowest BCUT2D eigenvalue weighted by atomic mass is 10.1. The summed E-state index contributed by atoms with van der Waals surface area (Å²) in [6.07, 6.45) is -4.99. The van der Waals surface area contributed by atoms with Crippen LogP contribution in [-0.2, 0) is 24.0 Å². The highest BCUT2D eigenvalue weighted by atomic mass is 16.4. The van der Waals surface area contributed by atoms with Gasteiger partial charge in [0.1, 0.15) is 12.1 Å². The number of nitrogens with one attached hydrogen (secondary N) is 3. The summed E-state index contributed by atoms with van der Waals surface area (Å²) in [6.45, 7) is 3.39. The molecule has 14 heteroatoms. The van der Waals surface area contributed by atoms with Crippen LogP contribution in [-0.4, -0.2) is 92.5 Å². The molecular weight excluding hydrogens is 406 g/mol. The number of hydrogen-bond acceptors (Lipinski definition) is 9. The third-order valence-electron chi connectivity index (χ3n) is 3.93. The molecule has 0 rings (SSSR count). The van der Waals surface area contributed by atoms with Gasteiger partial charge in [0, 0.05) is 0 Å². The Bertz CT molecular complexity index is 653. The van der Waals surface area contributed by atoms with E-state index >= 15 is 0 Å². The molecule has 172 valence electrons. The highest BCUT2D eigenvalue weighted by Gasteiger charge is 2.35.